The zero-order valence-corrected chi connectivity index (χ0v) is 11.5. The lowest BCUT2D eigenvalue weighted by Gasteiger charge is -2.05. The van der Waals surface area contributed by atoms with Crippen LogP contribution in [0.15, 0.2) is 34.5 Å². The number of halogens is 1. The largest absolute Gasteiger partial charge is 0.273 e. The molecule has 0 saturated carbocycles. The first-order chi connectivity index (χ1) is 9.56. The highest BCUT2D eigenvalue weighted by atomic mass is 35.5. The van der Waals surface area contributed by atoms with E-state index in [9.17, 15) is 9.59 Å². The molecule has 0 bridgehead atoms. The van der Waals surface area contributed by atoms with E-state index in [1.807, 2.05) is 6.07 Å². The van der Waals surface area contributed by atoms with Crippen LogP contribution in [0.25, 0.3) is 0 Å². The summed E-state index contributed by atoms with van der Waals surface area (Å²) in [6.45, 7) is 1.70. The Balaban J connectivity index is 1.86. The molecule has 20 heavy (non-hydrogen) atoms. The van der Waals surface area contributed by atoms with Gasteiger partial charge in [0.2, 0.25) is 11.8 Å². The van der Waals surface area contributed by atoms with Crippen LogP contribution in [0.3, 0.4) is 0 Å². The second-order valence-corrected chi connectivity index (χ2v) is 4.77. The summed E-state index contributed by atoms with van der Waals surface area (Å²) in [5.41, 5.74) is 6.07. The fourth-order valence-corrected chi connectivity index (χ4v) is 1.92. The van der Waals surface area contributed by atoms with E-state index in [0.717, 1.165) is 5.56 Å². The summed E-state index contributed by atoms with van der Waals surface area (Å²) < 4.78 is 0. The first-order valence-electron chi connectivity index (χ1n) is 5.98. The van der Waals surface area contributed by atoms with Crippen molar-refractivity contribution in [1.82, 2.24) is 10.9 Å². The standard InChI is InChI=1S/C13H13ClN4O2/c1-8-11(13(20)18-16-8)6-12(19)17-15-7-9-3-2-4-10(14)5-9/h2-5,7,11H,6H2,1H3,(H,17,19)(H,18,20)/b15-7-/t11-/m0/s1. The van der Waals surface area contributed by atoms with Crippen molar-refractivity contribution in [2.75, 3.05) is 0 Å². The SMILES string of the molecule is CC1=NNC(=O)[C@H]1CC(=O)N/N=C\c1cccc(Cl)c1. The Hall–Kier alpha value is -2.21. The fourth-order valence-electron chi connectivity index (χ4n) is 1.73. The van der Waals surface area contributed by atoms with Crippen molar-refractivity contribution in [3.8, 4) is 0 Å². The first-order valence-corrected chi connectivity index (χ1v) is 6.35. The fraction of sp³-hybridized carbons (Fsp3) is 0.231. The summed E-state index contributed by atoms with van der Waals surface area (Å²) in [6.07, 6.45) is 1.51. The van der Waals surface area contributed by atoms with Gasteiger partial charge >= 0.3 is 0 Å². The molecule has 1 atom stereocenters. The first kappa shape index (κ1) is 14.2. The molecule has 1 aromatic rings. The van der Waals surface area contributed by atoms with Gasteiger partial charge < -0.3 is 0 Å². The second kappa shape index (κ2) is 6.29. The van der Waals surface area contributed by atoms with Crippen molar-refractivity contribution in [3.05, 3.63) is 34.9 Å². The van der Waals surface area contributed by atoms with Crippen LogP contribution in [-0.2, 0) is 9.59 Å². The number of hydrazone groups is 2. The molecule has 0 radical (unpaired) electrons. The maximum atomic E-state index is 11.7. The minimum absolute atomic E-state index is 0.0219. The number of carbonyl (C=O) groups is 2. The van der Waals surface area contributed by atoms with Crippen molar-refractivity contribution in [3.63, 3.8) is 0 Å². The van der Waals surface area contributed by atoms with Crippen LogP contribution in [-0.4, -0.2) is 23.7 Å². The van der Waals surface area contributed by atoms with Gasteiger partial charge in [-0.25, -0.2) is 10.9 Å². The molecule has 1 aliphatic heterocycles. The van der Waals surface area contributed by atoms with E-state index < -0.39 is 5.92 Å². The molecule has 0 unspecified atom stereocenters. The zero-order chi connectivity index (χ0) is 14.5. The monoisotopic (exact) mass is 292 g/mol. The van der Waals surface area contributed by atoms with Crippen molar-refractivity contribution in [1.29, 1.82) is 0 Å². The van der Waals surface area contributed by atoms with E-state index in [1.54, 1.807) is 25.1 Å². The van der Waals surface area contributed by atoms with Crippen molar-refractivity contribution in [2.45, 2.75) is 13.3 Å². The molecule has 0 spiro atoms. The third-order valence-electron chi connectivity index (χ3n) is 2.80. The molecular formula is C13H13ClN4O2. The lowest BCUT2D eigenvalue weighted by Crippen LogP contribution is -2.29. The predicted octanol–water partition coefficient (Wildman–Crippen LogP) is 1.30. The lowest BCUT2D eigenvalue weighted by atomic mass is 10.0. The quantitative estimate of drug-likeness (QED) is 0.648. The van der Waals surface area contributed by atoms with E-state index in [2.05, 4.69) is 21.1 Å². The minimum Gasteiger partial charge on any atom is -0.273 e. The molecule has 0 fully saturated rings. The van der Waals surface area contributed by atoms with Gasteiger partial charge in [-0.2, -0.15) is 10.2 Å². The van der Waals surface area contributed by atoms with Crippen molar-refractivity contribution in [2.24, 2.45) is 16.1 Å². The van der Waals surface area contributed by atoms with Crippen LogP contribution in [0.5, 0.6) is 0 Å². The van der Waals surface area contributed by atoms with Crippen LogP contribution < -0.4 is 10.9 Å². The van der Waals surface area contributed by atoms with E-state index >= 15 is 0 Å². The Morgan fingerprint density at radius 2 is 2.40 bits per heavy atom. The van der Waals surface area contributed by atoms with Crippen LogP contribution in [0.1, 0.15) is 18.9 Å². The van der Waals surface area contributed by atoms with Gasteiger partial charge in [0, 0.05) is 17.2 Å². The highest BCUT2D eigenvalue weighted by Crippen LogP contribution is 2.11. The molecule has 104 valence electrons. The van der Waals surface area contributed by atoms with Gasteiger partial charge in [-0.3, -0.25) is 9.59 Å². The lowest BCUT2D eigenvalue weighted by molar-refractivity contribution is -0.127. The number of nitrogens with zero attached hydrogens (tertiary/aromatic N) is 2. The second-order valence-electron chi connectivity index (χ2n) is 4.33. The van der Waals surface area contributed by atoms with Gasteiger partial charge in [0.1, 0.15) is 0 Å². The Kier molecular flexibility index (Phi) is 4.47. The molecule has 1 aromatic carbocycles. The van der Waals surface area contributed by atoms with Crippen LogP contribution in [0.2, 0.25) is 5.02 Å². The Labute approximate surface area is 120 Å². The Bertz CT molecular complexity index is 598. The molecule has 0 aliphatic carbocycles. The summed E-state index contributed by atoms with van der Waals surface area (Å²) in [5, 5.41) is 8.19. The molecule has 7 heteroatoms. The topological polar surface area (TPSA) is 82.9 Å². The average molecular weight is 293 g/mol. The Morgan fingerprint density at radius 3 is 3.05 bits per heavy atom. The molecule has 2 amide bonds. The number of amides is 2. The molecular weight excluding hydrogens is 280 g/mol. The van der Waals surface area contributed by atoms with Gasteiger partial charge in [0.15, 0.2) is 0 Å². The van der Waals surface area contributed by atoms with E-state index in [-0.39, 0.29) is 18.2 Å². The molecule has 0 aromatic heterocycles. The third-order valence-corrected chi connectivity index (χ3v) is 3.04. The number of nitrogens with one attached hydrogen (secondary N) is 2. The van der Waals surface area contributed by atoms with Crippen LogP contribution in [0, 0.1) is 5.92 Å². The molecule has 0 saturated heterocycles. The van der Waals surface area contributed by atoms with Gasteiger partial charge in [-0.1, -0.05) is 23.7 Å². The molecule has 1 aliphatic rings. The van der Waals surface area contributed by atoms with Crippen LogP contribution >= 0.6 is 11.6 Å². The van der Waals surface area contributed by atoms with Gasteiger partial charge in [-0.15, -0.1) is 0 Å². The molecule has 6 nitrogen and oxygen atoms in total. The van der Waals surface area contributed by atoms with E-state index in [4.69, 9.17) is 11.6 Å². The molecule has 2 N–H and O–H groups in total. The third kappa shape index (κ3) is 3.64. The number of carbonyl (C=O) groups excluding carboxylic acids is 2. The predicted molar refractivity (Wildman–Crippen MR) is 76.5 cm³/mol. The summed E-state index contributed by atoms with van der Waals surface area (Å²) in [5.74, 6) is -1.13. The van der Waals surface area contributed by atoms with Crippen LogP contribution in [0.4, 0.5) is 0 Å². The molecule has 1 heterocycles. The smallest absolute Gasteiger partial charge is 0.249 e. The zero-order valence-electron chi connectivity index (χ0n) is 10.8. The summed E-state index contributed by atoms with van der Waals surface area (Å²) in [6, 6.07) is 7.06. The minimum atomic E-state index is -0.517. The maximum absolute atomic E-state index is 11.7. The van der Waals surface area contributed by atoms with Crippen molar-refractivity contribution < 1.29 is 9.59 Å². The number of hydrogen-bond donors (Lipinski definition) is 2. The highest BCUT2D eigenvalue weighted by molar-refractivity contribution is 6.30. The van der Waals surface area contributed by atoms with Gasteiger partial charge in [-0.05, 0) is 24.6 Å². The van der Waals surface area contributed by atoms with E-state index in [0.29, 0.717) is 10.7 Å². The van der Waals surface area contributed by atoms with Crippen molar-refractivity contribution >= 4 is 35.3 Å². The summed E-state index contributed by atoms with van der Waals surface area (Å²) in [4.78, 5) is 23.1. The van der Waals surface area contributed by atoms with Gasteiger partial charge in [0.05, 0.1) is 12.1 Å². The Morgan fingerprint density at radius 1 is 1.60 bits per heavy atom. The summed E-state index contributed by atoms with van der Waals surface area (Å²) >= 11 is 5.83. The normalized spacial score (nSPS) is 18.0. The summed E-state index contributed by atoms with van der Waals surface area (Å²) in [7, 11) is 0. The number of rotatable bonds is 4. The van der Waals surface area contributed by atoms with E-state index in [1.165, 1.54) is 6.21 Å². The molecule has 2 rings (SSSR count). The average Bonchev–Trinajstić information content (AvgIpc) is 2.71. The maximum Gasteiger partial charge on any atom is 0.249 e. The van der Waals surface area contributed by atoms with Gasteiger partial charge in [0.25, 0.3) is 0 Å². The highest BCUT2D eigenvalue weighted by Gasteiger charge is 2.28. The number of benzene rings is 1. The number of hydrogen-bond acceptors (Lipinski definition) is 4.